The predicted octanol–water partition coefficient (Wildman–Crippen LogP) is 1.37. The second kappa shape index (κ2) is 6.65. The summed E-state index contributed by atoms with van der Waals surface area (Å²) in [4.78, 5) is 24.8. The highest BCUT2D eigenvalue weighted by Crippen LogP contribution is 2.17. The van der Waals surface area contributed by atoms with Gasteiger partial charge in [0.15, 0.2) is 0 Å². The molecule has 0 N–H and O–H groups in total. The molecule has 0 bridgehead atoms. The minimum atomic E-state index is -0.434. The van der Waals surface area contributed by atoms with Gasteiger partial charge in [0, 0.05) is 18.2 Å². The molecule has 0 aliphatic rings. The van der Waals surface area contributed by atoms with Crippen molar-refractivity contribution in [3.63, 3.8) is 0 Å². The van der Waals surface area contributed by atoms with Crippen molar-refractivity contribution >= 4 is 11.9 Å². The Kier molecular flexibility index (Phi) is 4.65. The molecule has 1 amide bonds. The van der Waals surface area contributed by atoms with Crippen LogP contribution in [-0.4, -0.2) is 47.2 Å². The van der Waals surface area contributed by atoms with E-state index in [4.69, 9.17) is 9.15 Å². The highest BCUT2D eigenvalue weighted by molar-refractivity contribution is 5.96. The monoisotopic (exact) mass is 289 g/mol. The zero-order valence-corrected chi connectivity index (χ0v) is 11.8. The van der Waals surface area contributed by atoms with E-state index in [1.165, 1.54) is 11.3 Å². The van der Waals surface area contributed by atoms with Crippen LogP contribution >= 0.6 is 0 Å². The molecule has 0 fully saturated rings. The van der Waals surface area contributed by atoms with Crippen molar-refractivity contribution in [3.05, 3.63) is 36.2 Å². The van der Waals surface area contributed by atoms with Crippen molar-refractivity contribution in [2.24, 2.45) is 0 Å². The Labute approximate surface area is 121 Å². The Hall–Kier alpha value is -2.70. The maximum Gasteiger partial charge on any atom is 0.325 e. The second-order valence-corrected chi connectivity index (χ2v) is 4.29. The number of likely N-dealkylation sites (N-methyl/N-ethyl adjacent to an activating group) is 1. The number of hydrogen-bond acceptors (Lipinski definition) is 6. The Bertz CT molecular complexity index is 608. The van der Waals surface area contributed by atoms with Crippen LogP contribution < -0.4 is 0 Å². The smallest absolute Gasteiger partial charge is 0.325 e. The topological polar surface area (TPSA) is 85.5 Å². The molecular formula is C14H15N3O4. The lowest BCUT2D eigenvalue weighted by Gasteiger charge is -2.16. The zero-order valence-electron chi connectivity index (χ0n) is 11.8. The molecule has 0 aliphatic carbocycles. The van der Waals surface area contributed by atoms with E-state index in [0.29, 0.717) is 18.1 Å². The second-order valence-electron chi connectivity index (χ2n) is 4.29. The summed E-state index contributed by atoms with van der Waals surface area (Å²) >= 11 is 0. The van der Waals surface area contributed by atoms with Crippen LogP contribution in [0.5, 0.6) is 0 Å². The summed E-state index contributed by atoms with van der Waals surface area (Å²) in [6, 6.07) is 6.70. The van der Waals surface area contributed by atoms with E-state index in [-0.39, 0.29) is 12.5 Å². The van der Waals surface area contributed by atoms with Crippen molar-refractivity contribution in [3.8, 4) is 11.5 Å². The van der Waals surface area contributed by atoms with Gasteiger partial charge in [0.05, 0.1) is 6.61 Å². The summed E-state index contributed by atoms with van der Waals surface area (Å²) in [6.07, 6.45) is 1.24. The first-order chi connectivity index (χ1) is 10.1. The fourth-order valence-electron chi connectivity index (χ4n) is 1.75. The van der Waals surface area contributed by atoms with Gasteiger partial charge in [0.1, 0.15) is 6.54 Å². The normalized spacial score (nSPS) is 10.2. The van der Waals surface area contributed by atoms with Gasteiger partial charge in [0.2, 0.25) is 12.3 Å². The van der Waals surface area contributed by atoms with Crippen LogP contribution in [0.3, 0.4) is 0 Å². The molecular weight excluding hydrogens is 274 g/mol. The number of nitrogens with zero attached hydrogens (tertiary/aromatic N) is 3. The maximum atomic E-state index is 12.1. The number of rotatable bonds is 5. The summed E-state index contributed by atoms with van der Waals surface area (Å²) < 4.78 is 9.87. The van der Waals surface area contributed by atoms with E-state index in [1.807, 2.05) is 0 Å². The molecule has 0 radical (unpaired) electrons. The largest absolute Gasteiger partial charge is 0.465 e. The predicted molar refractivity (Wildman–Crippen MR) is 73.3 cm³/mol. The van der Waals surface area contributed by atoms with Gasteiger partial charge >= 0.3 is 5.97 Å². The molecule has 0 atom stereocenters. The van der Waals surface area contributed by atoms with Crippen LogP contribution in [0.2, 0.25) is 0 Å². The molecule has 0 saturated heterocycles. The maximum absolute atomic E-state index is 12.1. The van der Waals surface area contributed by atoms with Gasteiger partial charge in [-0.3, -0.25) is 9.59 Å². The van der Waals surface area contributed by atoms with Crippen molar-refractivity contribution in [2.75, 3.05) is 20.2 Å². The number of carbonyl (C=O) groups excluding carboxylic acids is 2. The molecule has 0 aliphatic heterocycles. The summed E-state index contributed by atoms with van der Waals surface area (Å²) in [6.45, 7) is 1.92. The first-order valence-electron chi connectivity index (χ1n) is 6.39. The van der Waals surface area contributed by atoms with Gasteiger partial charge in [-0.05, 0) is 31.2 Å². The fourth-order valence-corrected chi connectivity index (χ4v) is 1.75. The quantitative estimate of drug-likeness (QED) is 0.773. The van der Waals surface area contributed by atoms with Crippen molar-refractivity contribution in [1.29, 1.82) is 0 Å². The SMILES string of the molecule is CCOC(=O)CN(C)C(=O)c1ccc(-c2nnco2)cc1. The molecule has 0 spiro atoms. The molecule has 110 valence electrons. The van der Waals surface area contributed by atoms with E-state index in [1.54, 1.807) is 38.2 Å². The molecule has 21 heavy (non-hydrogen) atoms. The van der Waals surface area contributed by atoms with Gasteiger partial charge in [-0.2, -0.15) is 0 Å². The van der Waals surface area contributed by atoms with Gasteiger partial charge in [-0.25, -0.2) is 0 Å². The molecule has 1 heterocycles. The van der Waals surface area contributed by atoms with Crippen LogP contribution in [0.15, 0.2) is 35.1 Å². The van der Waals surface area contributed by atoms with Crippen LogP contribution in [0.4, 0.5) is 0 Å². The minimum absolute atomic E-state index is 0.0852. The lowest BCUT2D eigenvalue weighted by atomic mass is 10.1. The van der Waals surface area contributed by atoms with E-state index >= 15 is 0 Å². The Balaban J connectivity index is 2.04. The van der Waals surface area contributed by atoms with Gasteiger partial charge in [0.25, 0.3) is 5.91 Å². The highest BCUT2D eigenvalue weighted by Gasteiger charge is 2.16. The average molecular weight is 289 g/mol. The lowest BCUT2D eigenvalue weighted by molar-refractivity contribution is -0.143. The molecule has 2 aromatic rings. The Morgan fingerprint density at radius 3 is 2.57 bits per heavy atom. The summed E-state index contributed by atoms with van der Waals surface area (Å²) in [7, 11) is 1.55. The van der Waals surface area contributed by atoms with E-state index in [0.717, 1.165) is 5.56 Å². The highest BCUT2D eigenvalue weighted by atomic mass is 16.5. The number of aromatic nitrogens is 2. The first kappa shape index (κ1) is 14.7. The number of benzene rings is 1. The third-order valence-corrected chi connectivity index (χ3v) is 2.76. The Morgan fingerprint density at radius 2 is 2.00 bits per heavy atom. The average Bonchev–Trinajstić information content (AvgIpc) is 3.01. The minimum Gasteiger partial charge on any atom is -0.465 e. The van der Waals surface area contributed by atoms with Gasteiger partial charge < -0.3 is 14.1 Å². The summed E-state index contributed by atoms with van der Waals surface area (Å²) in [5, 5.41) is 7.37. The first-order valence-corrected chi connectivity index (χ1v) is 6.39. The number of amides is 1. The van der Waals surface area contributed by atoms with E-state index in [2.05, 4.69) is 10.2 Å². The number of carbonyl (C=O) groups is 2. The third kappa shape index (κ3) is 3.65. The van der Waals surface area contributed by atoms with Crippen LogP contribution in [0.1, 0.15) is 17.3 Å². The van der Waals surface area contributed by atoms with E-state index < -0.39 is 5.97 Å². The molecule has 1 aromatic heterocycles. The van der Waals surface area contributed by atoms with E-state index in [9.17, 15) is 9.59 Å². The summed E-state index contributed by atoms with van der Waals surface area (Å²) in [5.74, 6) is -0.315. The number of ether oxygens (including phenoxy) is 1. The van der Waals surface area contributed by atoms with Crippen LogP contribution in [-0.2, 0) is 9.53 Å². The standard InChI is InChI=1S/C14H15N3O4/c1-3-20-12(18)8-17(2)14(19)11-6-4-10(5-7-11)13-16-15-9-21-13/h4-7,9H,3,8H2,1-2H3. The van der Waals surface area contributed by atoms with Crippen LogP contribution in [0.25, 0.3) is 11.5 Å². The summed E-state index contributed by atoms with van der Waals surface area (Å²) in [5.41, 5.74) is 1.18. The third-order valence-electron chi connectivity index (χ3n) is 2.76. The fraction of sp³-hybridized carbons (Fsp3) is 0.286. The molecule has 0 saturated carbocycles. The zero-order chi connectivity index (χ0) is 15.2. The molecule has 0 unspecified atom stereocenters. The Morgan fingerprint density at radius 1 is 1.29 bits per heavy atom. The van der Waals surface area contributed by atoms with Crippen molar-refractivity contribution in [2.45, 2.75) is 6.92 Å². The molecule has 7 nitrogen and oxygen atoms in total. The van der Waals surface area contributed by atoms with Crippen LogP contribution in [0, 0.1) is 0 Å². The molecule has 1 aromatic carbocycles. The molecule has 7 heteroatoms. The van der Waals surface area contributed by atoms with Gasteiger partial charge in [-0.15, -0.1) is 10.2 Å². The van der Waals surface area contributed by atoms with Gasteiger partial charge in [-0.1, -0.05) is 0 Å². The molecule has 2 rings (SSSR count). The van der Waals surface area contributed by atoms with Crippen molar-refractivity contribution in [1.82, 2.24) is 15.1 Å². The lowest BCUT2D eigenvalue weighted by Crippen LogP contribution is -2.33. The van der Waals surface area contributed by atoms with Crippen molar-refractivity contribution < 1.29 is 18.7 Å². The number of hydrogen-bond donors (Lipinski definition) is 0. The number of esters is 1.